The Morgan fingerprint density at radius 2 is 1.88 bits per heavy atom. The van der Waals surface area contributed by atoms with Crippen molar-refractivity contribution in [1.29, 1.82) is 0 Å². The number of aromatic nitrogens is 2. The number of benzene rings is 1. The number of rotatable bonds is 7. The number of hydrogen-bond acceptors (Lipinski definition) is 6. The van der Waals surface area contributed by atoms with E-state index in [1.165, 1.54) is 5.56 Å². The van der Waals surface area contributed by atoms with Crippen molar-refractivity contribution in [2.45, 2.75) is 51.3 Å². The van der Waals surface area contributed by atoms with Crippen molar-refractivity contribution in [3.8, 4) is 0 Å². The summed E-state index contributed by atoms with van der Waals surface area (Å²) in [4.78, 5) is 6.74. The van der Waals surface area contributed by atoms with Crippen LogP contribution in [0.2, 0.25) is 0 Å². The third-order valence-corrected chi connectivity index (χ3v) is 4.28. The van der Waals surface area contributed by atoms with Gasteiger partial charge in [-0.3, -0.25) is 4.90 Å². The van der Waals surface area contributed by atoms with Crippen LogP contribution in [0.1, 0.15) is 49.9 Å². The molecule has 136 valence electrons. The standard InChI is InChI=1S/C19H27N3O3/c1-19(2,23)14-22(12-15-6-4-3-5-7-15)13-17-20-18(25-21-17)16-8-10-24-11-9-16/h3-7,16,23H,8-14H2,1-2H3. The van der Waals surface area contributed by atoms with Crippen molar-refractivity contribution in [3.63, 3.8) is 0 Å². The van der Waals surface area contributed by atoms with Crippen LogP contribution < -0.4 is 0 Å². The monoisotopic (exact) mass is 345 g/mol. The molecule has 1 fully saturated rings. The summed E-state index contributed by atoms with van der Waals surface area (Å²) in [6, 6.07) is 10.2. The minimum atomic E-state index is -0.790. The van der Waals surface area contributed by atoms with Gasteiger partial charge in [0.15, 0.2) is 5.82 Å². The molecule has 0 bridgehead atoms. The van der Waals surface area contributed by atoms with Crippen LogP contribution in [0, 0.1) is 0 Å². The summed E-state index contributed by atoms with van der Waals surface area (Å²) >= 11 is 0. The topological polar surface area (TPSA) is 71.6 Å². The molecule has 0 atom stereocenters. The summed E-state index contributed by atoms with van der Waals surface area (Å²) in [5.41, 5.74) is 0.405. The first-order valence-corrected chi connectivity index (χ1v) is 8.88. The molecule has 0 spiro atoms. The van der Waals surface area contributed by atoms with E-state index in [2.05, 4.69) is 27.2 Å². The van der Waals surface area contributed by atoms with E-state index >= 15 is 0 Å². The summed E-state index contributed by atoms with van der Waals surface area (Å²) in [5, 5.41) is 14.4. The molecule has 0 aliphatic carbocycles. The molecule has 2 heterocycles. The van der Waals surface area contributed by atoms with Crippen molar-refractivity contribution in [2.24, 2.45) is 0 Å². The lowest BCUT2D eigenvalue weighted by molar-refractivity contribution is 0.0296. The van der Waals surface area contributed by atoms with Gasteiger partial charge in [0.05, 0.1) is 12.1 Å². The molecule has 1 N–H and O–H groups in total. The molecular formula is C19H27N3O3. The van der Waals surface area contributed by atoms with Gasteiger partial charge in [0, 0.05) is 32.2 Å². The molecule has 1 aromatic heterocycles. The van der Waals surface area contributed by atoms with Gasteiger partial charge >= 0.3 is 0 Å². The molecule has 1 saturated heterocycles. The Labute approximate surface area is 148 Å². The van der Waals surface area contributed by atoms with Gasteiger partial charge in [0.2, 0.25) is 5.89 Å². The highest BCUT2D eigenvalue weighted by Gasteiger charge is 2.24. The molecule has 1 aliphatic heterocycles. The Balaban J connectivity index is 1.67. The van der Waals surface area contributed by atoms with Crippen LogP contribution >= 0.6 is 0 Å². The van der Waals surface area contributed by atoms with Crippen LogP contribution in [0.3, 0.4) is 0 Å². The molecule has 6 nitrogen and oxygen atoms in total. The fourth-order valence-corrected chi connectivity index (χ4v) is 3.20. The van der Waals surface area contributed by atoms with E-state index in [4.69, 9.17) is 9.26 Å². The number of aliphatic hydroxyl groups is 1. The molecule has 6 heteroatoms. The Morgan fingerprint density at radius 3 is 2.56 bits per heavy atom. The quantitative estimate of drug-likeness (QED) is 0.832. The maximum absolute atomic E-state index is 10.2. The maximum atomic E-state index is 10.2. The second kappa shape index (κ2) is 8.08. The fourth-order valence-electron chi connectivity index (χ4n) is 3.20. The summed E-state index contributed by atoms with van der Waals surface area (Å²) in [5.74, 6) is 1.68. The van der Waals surface area contributed by atoms with Gasteiger partial charge < -0.3 is 14.4 Å². The van der Waals surface area contributed by atoms with Crippen LogP contribution in [0.25, 0.3) is 0 Å². The minimum Gasteiger partial charge on any atom is -0.389 e. The molecule has 2 aromatic rings. The Morgan fingerprint density at radius 1 is 1.16 bits per heavy atom. The molecule has 0 unspecified atom stereocenters. The molecule has 1 aromatic carbocycles. The van der Waals surface area contributed by atoms with E-state index in [1.54, 1.807) is 0 Å². The Kier molecular flexibility index (Phi) is 5.83. The normalized spacial score (nSPS) is 16.5. The average molecular weight is 345 g/mol. The molecule has 25 heavy (non-hydrogen) atoms. The van der Waals surface area contributed by atoms with Gasteiger partial charge in [-0.05, 0) is 32.3 Å². The zero-order valence-electron chi connectivity index (χ0n) is 15.0. The SMILES string of the molecule is CC(C)(O)CN(Cc1ccccc1)Cc1noc(C2CCOCC2)n1. The van der Waals surface area contributed by atoms with Crippen molar-refractivity contribution >= 4 is 0 Å². The number of ether oxygens (including phenoxy) is 1. The van der Waals surface area contributed by atoms with Gasteiger partial charge in [0.1, 0.15) is 0 Å². The van der Waals surface area contributed by atoms with Crippen LogP contribution in [0.4, 0.5) is 0 Å². The maximum Gasteiger partial charge on any atom is 0.229 e. The predicted octanol–water partition coefficient (Wildman–Crippen LogP) is 2.74. The van der Waals surface area contributed by atoms with E-state index in [-0.39, 0.29) is 0 Å². The zero-order valence-corrected chi connectivity index (χ0v) is 15.0. The number of nitrogens with zero attached hydrogens (tertiary/aromatic N) is 3. The van der Waals surface area contributed by atoms with E-state index in [1.807, 2.05) is 32.0 Å². The molecule has 0 radical (unpaired) electrons. The summed E-state index contributed by atoms with van der Waals surface area (Å²) in [7, 11) is 0. The van der Waals surface area contributed by atoms with E-state index in [0.29, 0.717) is 30.7 Å². The lowest BCUT2D eigenvalue weighted by atomic mass is 10.0. The van der Waals surface area contributed by atoms with Gasteiger partial charge in [-0.25, -0.2) is 0 Å². The van der Waals surface area contributed by atoms with E-state index < -0.39 is 5.60 Å². The van der Waals surface area contributed by atoms with Crippen molar-refractivity contribution in [1.82, 2.24) is 15.0 Å². The van der Waals surface area contributed by atoms with Crippen molar-refractivity contribution < 1.29 is 14.4 Å². The Hall–Kier alpha value is -1.76. The third kappa shape index (κ3) is 5.63. The summed E-state index contributed by atoms with van der Waals surface area (Å²) in [6.07, 6.45) is 1.86. The fraction of sp³-hybridized carbons (Fsp3) is 0.579. The lowest BCUT2D eigenvalue weighted by Crippen LogP contribution is -2.38. The van der Waals surface area contributed by atoms with Gasteiger partial charge in [-0.15, -0.1) is 0 Å². The second-order valence-electron chi connectivity index (χ2n) is 7.38. The van der Waals surface area contributed by atoms with Gasteiger partial charge in [-0.2, -0.15) is 4.98 Å². The van der Waals surface area contributed by atoms with Crippen LogP contribution in [-0.4, -0.2) is 45.5 Å². The molecule has 0 saturated carbocycles. The van der Waals surface area contributed by atoms with Crippen LogP contribution in [0.15, 0.2) is 34.9 Å². The summed E-state index contributed by atoms with van der Waals surface area (Å²) < 4.78 is 10.9. The highest BCUT2D eigenvalue weighted by molar-refractivity contribution is 5.14. The highest BCUT2D eigenvalue weighted by Crippen LogP contribution is 2.25. The molecule has 0 amide bonds. The first kappa shape index (κ1) is 18.0. The smallest absolute Gasteiger partial charge is 0.229 e. The zero-order chi connectivity index (χ0) is 17.7. The molecule has 3 rings (SSSR count). The van der Waals surface area contributed by atoms with Crippen molar-refractivity contribution in [3.05, 3.63) is 47.6 Å². The van der Waals surface area contributed by atoms with E-state index in [0.717, 1.165) is 32.6 Å². The Bertz CT molecular complexity index is 645. The first-order valence-electron chi connectivity index (χ1n) is 8.88. The minimum absolute atomic E-state index is 0.298. The summed E-state index contributed by atoms with van der Waals surface area (Å²) in [6.45, 7) is 6.94. The van der Waals surface area contributed by atoms with Gasteiger partial charge in [0.25, 0.3) is 0 Å². The van der Waals surface area contributed by atoms with Gasteiger partial charge in [-0.1, -0.05) is 35.5 Å². The third-order valence-electron chi connectivity index (χ3n) is 4.28. The lowest BCUT2D eigenvalue weighted by Gasteiger charge is -2.28. The highest BCUT2D eigenvalue weighted by atomic mass is 16.5. The average Bonchev–Trinajstić information content (AvgIpc) is 3.03. The molecular weight excluding hydrogens is 318 g/mol. The number of hydrogen-bond donors (Lipinski definition) is 1. The first-order chi connectivity index (χ1) is 12.0. The van der Waals surface area contributed by atoms with Crippen LogP contribution in [-0.2, 0) is 17.8 Å². The largest absolute Gasteiger partial charge is 0.389 e. The predicted molar refractivity (Wildman–Crippen MR) is 93.9 cm³/mol. The van der Waals surface area contributed by atoms with Crippen LogP contribution in [0.5, 0.6) is 0 Å². The molecule has 1 aliphatic rings. The van der Waals surface area contributed by atoms with E-state index in [9.17, 15) is 5.11 Å². The second-order valence-corrected chi connectivity index (χ2v) is 7.38. The van der Waals surface area contributed by atoms with Crippen molar-refractivity contribution in [2.75, 3.05) is 19.8 Å².